The molecule has 0 atom stereocenters. The van der Waals surface area contributed by atoms with E-state index in [1.807, 2.05) is 32.0 Å². The fraction of sp³-hybridized carbons (Fsp3) is 0.294. The van der Waals surface area contributed by atoms with E-state index in [9.17, 15) is 13.2 Å². The van der Waals surface area contributed by atoms with E-state index in [1.165, 1.54) is 12.1 Å². The van der Waals surface area contributed by atoms with Gasteiger partial charge in [-0.05, 0) is 48.2 Å². The lowest BCUT2D eigenvalue weighted by molar-refractivity contribution is -0.275. The molecule has 2 aromatic rings. The number of hydrogen-bond donors (Lipinski definition) is 1. The Balaban J connectivity index is 2.40. The van der Waals surface area contributed by atoms with Crippen LogP contribution in [0.5, 0.6) is 11.5 Å². The molecule has 0 fully saturated rings. The highest BCUT2D eigenvalue weighted by molar-refractivity contribution is 5.68. The summed E-state index contributed by atoms with van der Waals surface area (Å²) in [6.45, 7) is 4.27. The van der Waals surface area contributed by atoms with Gasteiger partial charge in [0.05, 0.1) is 0 Å². The molecule has 0 unspecified atom stereocenters. The summed E-state index contributed by atoms with van der Waals surface area (Å²) >= 11 is 0. The Bertz CT molecular complexity index is 684. The van der Waals surface area contributed by atoms with Crippen LogP contribution in [0.15, 0.2) is 36.4 Å². The van der Waals surface area contributed by atoms with Gasteiger partial charge in [0.25, 0.3) is 0 Å². The van der Waals surface area contributed by atoms with Crippen LogP contribution in [0.4, 0.5) is 13.2 Å². The fourth-order valence-corrected chi connectivity index (χ4v) is 2.10. The molecule has 2 rings (SSSR count). The van der Waals surface area contributed by atoms with Crippen LogP contribution < -0.4 is 15.2 Å². The van der Waals surface area contributed by atoms with E-state index in [0.717, 1.165) is 22.3 Å². The predicted octanol–water partition coefficient (Wildman–Crippen LogP) is 4.21. The number of hydrogen-bond acceptors (Lipinski definition) is 3. The van der Waals surface area contributed by atoms with Gasteiger partial charge in [-0.25, -0.2) is 0 Å². The van der Waals surface area contributed by atoms with Gasteiger partial charge in [-0.2, -0.15) is 0 Å². The third kappa shape index (κ3) is 4.63. The second-order valence-electron chi connectivity index (χ2n) is 5.15. The van der Waals surface area contributed by atoms with E-state index in [0.29, 0.717) is 0 Å². The average molecular weight is 325 g/mol. The molecule has 23 heavy (non-hydrogen) atoms. The first-order chi connectivity index (χ1) is 10.8. The molecule has 3 nitrogen and oxygen atoms in total. The van der Waals surface area contributed by atoms with Crippen LogP contribution in [0.2, 0.25) is 0 Å². The molecule has 0 aliphatic heterocycles. The van der Waals surface area contributed by atoms with E-state index in [1.54, 1.807) is 6.07 Å². The average Bonchev–Trinajstić information content (AvgIpc) is 2.47. The molecule has 0 saturated heterocycles. The smallest absolute Gasteiger partial charge is 0.488 e. The molecule has 0 spiro atoms. The first kappa shape index (κ1) is 17.1. The van der Waals surface area contributed by atoms with Gasteiger partial charge in [-0.1, -0.05) is 24.3 Å². The second kappa shape index (κ2) is 6.91. The van der Waals surface area contributed by atoms with Gasteiger partial charge in [-0.15, -0.1) is 13.2 Å². The lowest BCUT2D eigenvalue weighted by Crippen LogP contribution is -2.18. The molecule has 0 saturated carbocycles. The molecule has 2 N–H and O–H groups in total. The number of aryl methyl sites for hydroxylation is 2. The number of ether oxygens (including phenoxy) is 2. The summed E-state index contributed by atoms with van der Waals surface area (Å²) in [5.41, 5.74) is 9.23. The maximum Gasteiger partial charge on any atom is 0.573 e. The molecule has 0 amide bonds. The van der Waals surface area contributed by atoms with Crippen molar-refractivity contribution in [2.75, 3.05) is 13.2 Å². The number of halogens is 3. The normalized spacial score (nSPS) is 11.4. The van der Waals surface area contributed by atoms with Gasteiger partial charge in [0.15, 0.2) is 11.5 Å². The zero-order valence-electron chi connectivity index (χ0n) is 12.9. The first-order valence-corrected chi connectivity index (χ1v) is 7.10. The van der Waals surface area contributed by atoms with Crippen molar-refractivity contribution in [3.8, 4) is 22.6 Å². The minimum absolute atomic E-state index is 0.0171. The van der Waals surface area contributed by atoms with Crippen molar-refractivity contribution in [3.63, 3.8) is 0 Å². The zero-order chi connectivity index (χ0) is 17.0. The number of benzene rings is 2. The highest BCUT2D eigenvalue weighted by Gasteiger charge is 2.32. The standard InChI is InChI=1S/C17H18F3NO2/c1-11-3-4-13(9-12(11)2)14-5-6-15(23-17(18,19)20)16(10-14)22-8-7-21/h3-6,9-10H,7-8,21H2,1-2H3. The summed E-state index contributed by atoms with van der Waals surface area (Å²) in [6, 6.07) is 10.2. The van der Waals surface area contributed by atoms with E-state index in [2.05, 4.69) is 4.74 Å². The molecule has 0 aliphatic carbocycles. The Labute approximate surface area is 132 Å². The van der Waals surface area contributed by atoms with Crippen molar-refractivity contribution < 1.29 is 22.6 Å². The van der Waals surface area contributed by atoms with Gasteiger partial charge < -0.3 is 15.2 Å². The van der Waals surface area contributed by atoms with Crippen molar-refractivity contribution in [3.05, 3.63) is 47.5 Å². The van der Waals surface area contributed by atoms with Crippen molar-refractivity contribution in [1.29, 1.82) is 0 Å². The lowest BCUT2D eigenvalue weighted by Gasteiger charge is -2.15. The fourth-order valence-electron chi connectivity index (χ4n) is 2.10. The maximum absolute atomic E-state index is 12.5. The van der Waals surface area contributed by atoms with Crippen LogP contribution in [0, 0.1) is 13.8 Å². The summed E-state index contributed by atoms with van der Waals surface area (Å²) in [6.07, 6.45) is -4.78. The minimum Gasteiger partial charge on any atom is -0.488 e. The van der Waals surface area contributed by atoms with Gasteiger partial charge >= 0.3 is 6.36 Å². The van der Waals surface area contributed by atoms with E-state index in [-0.39, 0.29) is 24.7 Å². The molecule has 6 heteroatoms. The van der Waals surface area contributed by atoms with Crippen molar-refractivity contribution in [2.45, 2.75) is 20.2 Å². The van der Waals surface area contributed by atoms with Gasteiger partial charge in [0.2, 0.25) is 0 Å². The zero-order valence-corrected chi connectivity index (χ0v) is 12.9. The van der Waals surface area contributed by atoms with Gasteiger partial charge in [-0.3, -0.25) is 0 Å². The van der Waals surface area contributed by atoms with E-state index < -0.39 is 6.36 Å². The number of rotatable bonds is 5. The molecule has 0 bridgehead atoms. The Hall–Kier alpha value is -2.21. The minimum atomic E-state index is -4.78. The largest absolute Gasteiger partial charge is 0.573 e. The topological polar surface area (TPSA) is 44.5 Å². The molecule has 0 aliphatic rings. The number of alkyl halides is 3. The Kier molecular flexibility index (Phi) is 5.15. The van der Waals surface area contributed by atoms with Crippen molar-refractivity contribution >= 4 is 0 Å². The molecule has 2 aromatic carbocycles. The Morgan fingerprint density at radius 1 is 0.913 bits per heavy atom. The number of nitrogens with two attached hydrogens (primary N) is 1. The Morgan fingerprint density at radius 3 is 2.17 bits per heavy atom. The van der Waals surface area contributed by atoms with Crippen molar-refractivity contribution in [1.82, 2.24) is 0 Å². The van der Waals surface area contributed by atoms with Gasteiger partial charge in [0, 0.05) is 6.54 Å². The van der Waals surface area contributed by atoms with Crippen LogP contribution >= 0.6 is 0 Å². The molecule has 0 radical (unpaired) electrons. The summed E-state index contributed by atoms with van der Waals surface area (Å²) in [5, 5.41) is 0. The predicted molar refractivity (Wildman–Crippen MR) is 82.6 cm³/mol. The maximum atomic E-state index is 12.5. The van der Waals surface area contributed by atoms with E-state index in [4.69, 9.17) is 10.5 Å². The molecular weight excluding hydrogens is 307 g/mol. The highest BCUT2D eigenvalue weighted by atomic mass is 19.4. The van der Waals surface area contributed by atoms with Crippen molar-refractivity contribution in [2.24, 2.45) is 5.73 Å². The summed E-state index contributed by atoms with van der Waals surface area (Å²) in [7, 11) is 0. The molecule has 0 heterocycles. The quantitative estimate of drug-likeness (QED) is 0.896. The SMILES string of the molecule is Cc1ccc(-c2ccc(OC(F)(F)F)c(OCCN)c2)cc1C. The molecule has 0 aromatic heterocycles. The summed E-state index contributed by atoms with van der Waals surface area (Å²) in [5.74, 6) is -0.359. The van der Waals surface area contributed by atoms with Crippen LogP contribution in [0.1, 0.15) is 11.1 Å². The van der Waals surface area contributed by atoms with E-state index >= 15 is 0 Å². The second-order valence-corrected chi connectivity index (χ2v) is 5.15. The summed E-state index contributed by atoms with van der Waals surface area (Å²) < 4.78 is 46.7. The van der Waals surface area contributed by atoms with Crippen LogP contribution in [0.25, 0.3) is 11.1 Å². The van der Waals surface area contributed by atoms with Crippen LogP contribution in [-0.2, 0) is 0 Å². The molecular formula is C17H18F3NO2. The highest BCUT2D eigenvalue weighted by Crippen LogP contribution is 2.36. The first-order valence-electron chi connectivity index (χ1n) is 7.10. The third-order valence-corrected chi connectivity index (χ3v) is 3.39. The molecule has 124 valence electrons. The van der Waals surface area contributed by atoms with Crippen LogP contribution in [0.3, 0.4) is 0 Å². The van der Waals surface area contributed by atoms with Gasteiger partial charge in [0.1, 0.15) is 6.61 Å². The lowest BCUT2D eigenvalue weighted by atomic mass is 10.0. The summed E-state index contributed by atoms with van der Waals surface area (Å²) in [4.78, 5) is 0. The monoisotopic (exact) mass is 325 g/mol. The Morgan fingerprint density at radius 2 is 1.57 bits per heavy atom. The third-order valence-electron chi connectivity index (χ3n) is 3.39. The van der Waals surface area contributed by atoms with Crippen LogP contribution in [-0.4, -0.2) is 19.5 Å².